The molecule has 0 aliphatic carbocycles. The first-order chi connectivity index (χ1) is 7.27. The van der Waals surface area contributed by atoms with Crippen LogP contribution in [0.25, 0.3) is 0 Å². The number of Topliss-reactive ketones (excluding diaryl/α,β-unsaturated/α-hetero) is 1. The Kier molecular flexibility index (Phi) is 3.38. The van der Waals surface area contributed by atoms with E-state index in [0.717, 1.165) is 13.0 Å². The van der Waals surface area contributed by atoms with Crippen molar-refractivity contribution in [3.63, 3.8) is 0 Å². The molecule has 0 aliphatic heterocycles. The van der Waals surface area contributed by atoms with Crippen molar-refractivity contribution < 1.29 is 22.8 Å². The van der Waals surface area contributed by atoms with Crippen molar-refractivity contribution in [2.45, 2.75) is 13.1 Å². The molecule has 6 heteroatoms. The van der Waals surface area contributed by atoms with Crippen molar-refractivity contribution in [1.82, 2.24) is 0 Å². The quantitative estimate of drug-likeness (QED) is 0.596. The minimum atomic E-state index is -4.65. The fourth-order valence-electron chi connectivity index (χ4n) is 1.21. The molecule has 1 rings (SSSR count). The van der Waals surface area contributed by atoms with Gasteiger partial charge in [-0.25, -0.2) is 0 Å². The molecular weight excluding hydrogens is 245 g/mol. The molecule has 0 amide bonds. The van der Waals surface area contributed by atoms with Crippen LogP contribution in [0.3, 0.4) is 0 Å². The summed E-state index contributed by atoms with van der Waals surface area (Å²) in [7, 11) is 0. The van der Waals surface area contributed by atoms with Crippen molar-refractivity contribution >= 4 is 23.7 Å². The van der Waals surface area contributed by atoms with Gasteiger partial charge in [0.1, 0.15) is 0 Å². The second-order valence-electron chi connectivity index (χ2n) is 3.09. The monoisotopic (exact) mass is 250 g/mol. The van der Waals surface area contributed by atoms with Crippen molar-refractivity contribution in [2.24, 2.45) is 0 Å². The summed E-state index contributed by atoms with van der Waals surface area (Å²) in [6.45, 7) is 1.08. The van der Waals surface area contributed by atoms with Crippen LogP contribution in [-0.4, -0.2) is 12.1 Å². The van der Waals surface area contributed by atoms with Gasteiger partial charge in [0.25, 0.3) is 0 Å². The second-order valence-corrected chi connectivity index (χ2v) is 3.50. The van der Waals surface area contributed by atoms with Crippen LogP contribution < -0.4 is 0 Å². The summed E-state index contributed by atoms with van der Waals surface area (Å²) >= 11 is 5.38. The Morgan fingerprint density at radius 1 is 1.38 bits per heavy atom. The lowest BCUT2D eigenvalue weighted by molar-refractivity contribution is -0.137. The van der Waals surface area contributed by atoms with E-state index in [0.29, 0.717) is 12.4 Å². The Labute approximate surface area is 94.0 Å². The summed E-state index contributed by atoms with van der Waals surface area (Å²) in [6.07, 6.45) is -4.36. The van der Waals surface area contributed by atoms with Gasteiger partial charge in [0.2, 0.25) is 0 Å². The van der Waals surface area contributed by atoms with Crippen LogP contribution >= 0.6 is 11.6 Å². The van der Waals surface area contributed by atoms with Gasteiger partial charge in [-0.2, -0.15) is 13.2 Å². The van der Waals surface area contributed by atoms with E-state index < -0.39 is 22.5 Å². The normalized spacial score (nSPS) is 11.3. The Hall–Kier alpha value is -1.36. The number of halogens is 4. The predicted octanol–water partition coefficient (Wildman–Crippen LogP) is 3.37. The Morgan fingerprint density at radius 3 is 2.31 bits per heavy atom. The molecule has 0 unspecified atom stereocenters. The van der Waals surface area contributed by atoms with E-state index in [4.69, 9.17) is 11.6 Å². The molecule has 0 saturated carbocycles. The average molecular weight is 251 g/mol. The number of ketones is 1. The molecule has 1 aromatic carbocycles. The fraction of sp³-hybridized carbons (Fsp3) is 0.200. The lowest BCUT2D eigenvalue weighted by Crippen LogP contribution is -2.09. The Bertz CT molecular complexity index is 452. The number of alkyl halides is 3. The fourth-order valence-corrected chi connectivity index (χ4v) is 1.49. The van der Waals surface area contributed by atoms with E-state index in [9.17, 15) is 22.8 Å². The van der Waals surface area contributed by atoms with Crippen molar-refractivity contribution in [3.8, 4) is 0 Å². The topological polar surface area (TPSA) is 34.1 Å². The largest absolute Gasteiger partial charge is 0.417 e. The summed E-state index contributed by atoms with van der Waals surface area (Å²) in [4.78, 5) is 21.6. The molecule has 0 heterocycles. The lowest BCUT2D eigenvalue weighted by atomic mass is 10.0. The minimum absolute atomic E-state index is 0.148. The van der Waals surface area contributed by atoms with Gasteiger partial charge < -0.3 is 0 Å². The molecule has 0 aromatic heterocycles. The lowest BCUT2D eigenvalue weighted by Gasteiger charge is -2.11. The van der Waals surface area contributed by atoms with Gasteiger partial charge in [0.05, 0.1) is 10.6 Å². The summed E-state index contributed by atoms with van der Waals surface area (Å²) < 4.78 is 37.3. The van der Waals surface area contributed by atoms with Crippen LogP contribution in [0.2, 0.25) is 5.02 Å². The van der Waals surface area contributed by atoms with Crippen molar-refractivity contribution in [3.05, 3.63) is 33.8 Å². The third kappa shape index (κ3) is 2.41. The maximum absolute atomic E-state index is 12.4. The first-order valence-corrected chi connectivity index (χ1v) is 4.52. The van der Waals surface area contributed by atoms with Gasteiger partial charge in [-0.15, -0.1) is 0 Å². The number of aldehydes is 1. The highest BCUT2D eigenvalue weighted by molar-refractivity contribution is 6.32. The molecule has 1 aromatic rings. The number of benzene rings is 1. The highest BCUT2D eigenvalue weighted by Gasteiger charge is 2.34. The average Bonchev–Trinajstić information content (AvgIpc) is 2.14. The highest BCUT2D eigenvalue weighted by atomic mass is 35.5. The third-order valence-electron chi connectivity index (χ3n) is 1.95. The van der Waals surface area contributed by atoms with Crippen LogP contribution in [0, 0.1) is 0 Å². The highest BCUT2D eigenvalue weighted by Crippen LogP contribution is 2.36. The predicted molar refractivity (Wildman–Crippen MR) is 51.8 cm³/mol. The number of hydrogen-bond acceptors (Lipinski definition) is 2. The molecule has 0 radical (unpaired) electrons. The number of rotatable bonds is 2. The van der Waals surface area contributed by atoms with Crippen LogP contribution in [0.15, 0.2) is 12.1 Å². The third-order valence-corrected chi connectivity index (χ3v) is 2.26. The maximum atomic E-state index is 12.4. The zero-order valence-corrected chi connectivity index (χ0v) is 8.82. The SMILES string of the molecule is CC(=O)c1cc(C(F)(F)F)c(Cl)cc1C=O. The molecule has 0 aliphatic rings. The molecule has 2 nitrogen and oxygen atoms in total. The van der Waals surface area contributed by atoms with Gasteiger partial charge in [0.15, 0.2) is 12.1 Å². The molecule has 0 fully saturated rings. The van der Waals surface area contributed by atoms with Gasteiger partial charge in [0, 0.05) is 11.1 Å². The molecule has 0 N–H and O–H groups in total. The van der Waals surface area contributed by atoms with Gasteiger partial charge in [-0.1, -0.05) is 11.6 Å². The number of carbonyl (C=O) groups excluding carboxylic acids is 2. The number of carbonyl (C=O) groups is 2. The molecule has 0 saturated heterocycles. The van der Waals surface area contributed by atoms with Crippen LogP contribution in [0.1, 0.15) is 33.2 Å². The summed E-state index contributed by atoms with van der Waals surface area (Å²) in [6, 6.07) is 1.43. The minimum Gasteiger partial charge on any atom is -0.298 e. The summed E-state index contributed by atoms with van der Waals surface area (Å²) in [5.41, 5.74) is -1.55. The Morgan fingerprint density at radius 2 is 1.94 bits per heavy atom. The molecule has 86 valence electrons. The first kappa shape index (κ1) is 12.7. The van der Waals surface area contributed by atoms with Crippen molar-refractivity contribution in [1.29, 1.82) is 0 Å². The van der Waals surface area contributed by atoms with E-state index in [1.165, 1.54) is 0 Å². The smallest absolute Gasteiger partial charge is 0.298 e. The van der Waals surface area contributed by atoms with Crippen LogP contribution in [-0.2, 0) is 6.18 Å². The second kappa shape index (κ2) is 4.25. The van der Waals surface area contributed by atoms with Crippen molar-refractivity contribution in [2.75, 3.05) is 0 Å². The van der Waals surface area contributed by atoms with Crippen LogP contribution in [0.4, 0.5) is 13.2 Å². The molecule has 0 spiro atoms. The molecule has 16 heavy (non-hydrogen) atoms. The summed E-state index contributed by atoms with van der Waals surface area (Å²) in [5, 5.41) is -0.598. The van der Waals surface area contributed by atoms with Gasteiger partial charge >= 0.3 is 6.18 Å². The standard InChI is InChI=1S/C10H6ClF3O2/c1-5(16)7-3-8(10(12,13)14)9(11)2-6(7)4-15/h2-4H,1H3. The maximum Gasteiger partial charge on any atom is 0.417 e. The molecule has 0 bridgehead atoms. The molecular formula is C10H6ClF3O2. The first-order valence-electron chi connectivity index (χ1n) is 4.14. The van der Waals surface area contributed by atoms with E-state index in [1.54, 1.807) is 0 Å². The van der Waals surface area contributed by atoms with E-state index in [-0.39, 0.29) is 11.1 Å². The molecule has 0 atom stereocenters. The van der Waals surface area contributed by atoms with E-state index in [1.807, 2.05) is 0 Å². The van der Waals surface area contributed by atoms with E-state index >= 15 is 0 Å². The van der Waals surface area contributed by atoms with E-state index in [2.05, 4.69) is 0 Å². The zero-order chi connectivity index (χ0) is 12.5. The summed E-state index contributed by atoms with van der Waals surface area (Å²) in [5.74, 6) is -0.621. The zero-order valence-electron chi connectivity index (χ0n) is 8.06. The van der Waals surface area contributed by atoms with Gasteiger partial charge in [-0.3, -0.25) is 9.59 Å². The van der Waals surface area contributed by atoms with Gasteiger partial charge in [-0.05, 0) is 19.1 Å². The number of hydrogen-bond donors (Lipinski definition) is 0. The van der Waals surface area contributed by atoms with Crippen LogP contribution in [0.5, 0.6) is 0 Å². The Balaban J connectivity index is 3.51.